The lowest BCUT2D eigenvalue weighted by Gasteiger charge is -2.35. The topological polar surface area (TPSA) is 67.9 Å². The summed E-state index contributed by atoms with van der Waals surface area (Å²) in [6.07, 6.45) is 0.737. The van der Waals surface area contributed by atoms with Gasteiger partial charge in [-0.15, -0.1) is 0 Å². The highest BCUT2D eigenvalue weighted by atomic mass is 16.6. The predicted molar refractivity (Wildman–Crippen MR) is 75.4 cm³/mol. The summed E-state index contributed by atoms with van der Waals surface area (Å²) in [6.45, 7) is 7.09. The summed E-state index contributed by atoms with van der Waals surface area (Å²) in [7, 11) is 3.37. The molecule has 0 aromatic carbocycles. The Morgan fingerprint density at radius 1 is 1.30 bits per heavy atom. The SMILES string of the molecule is COC(=O)CC1CC(NC(=O)OC(C)(C)C)CN(C)C1. The van der Waals surface area contributed by atoms with Crippen LogP contribution in [0.2, 0.25) is 0 Å². The highest BCUT2D eigenvalue weighted by molar-refractivity contribution is 5.70. The van der Waals surface area contributed by atoms with Crippen LogP contribution < -0.4 is 5.32 Å². The van der Waals surface area contributed by atoms with Gasteiger partial charge in [0.15, 0.2) is 0 Å². The number of esters is 1. The maximum atomic E-state index is 11.8. The molecule has 2 atom stereocenters. The van der Waals surface area contributed by atoms with Crippen LogP contribution in [0, 0.1) is 5.92 Å². The number of nitrogens with zero attached hydrogens (tertiary/aromatic N) is 1. The molecule has 0 saturated carbocycles. The van der Waals surface area contributed by atoms with E-state index in [1.54, 1.807) is 0 Å². The molecule has 1 rings (SSSR count). The predicted octanol–water partition coefficient (Wildman–Crippen LogP) is 1.39. The molecule has 0 radical (unpaired) electrons. The third kappa shape index (κ3) is 6.23. The number of hydrogen-bond acceptors (Lipinski definition) is 5. The van der Waals surface area contributed by atoms with Crippen LogP contribution in [0.3, 0.4) is 0 Å². The van der Waals surface area contributed by atoms with E-state index in [4.69, 9.17) is 9.47 Å². The molecule has 1 saturated heterocycles. The molecule has 0 aromatic rings. The molecule has 116 valence electrons. The number of rotatable bonds is 3. The number of carbonyl (C=O) groups excluding carboxylic acids is 2. The maximum absolute atomic E-state index is 11.8. The highest BCUT2D eigenvalue weighted by Gasteiger charge is 2.29. The van der Waals surface area contributed by atoms with Crippen LogP contribution in [-0.2, 0) is 14.3 Å². The van der Waals surface area contributed by atoms with Crippen molar-refractivity contribution in [1.29, 1.82) is 0 Å². The largest absolute Gasteiger partial charge is 0.469 e. The lowest BCUT2D eigenvalue weighted by Crippen LogP contribution is -2.50. The lowest BCUT2D eigenvalue weighted by atomic mass is 9.92. The summed E-state index contributed by atoms with van der Waals surface area (Å²) < 4.78 is 9.95. The van der Waals surface area contributed by atoms with Crippen molar-refractivity contribution in [1.82, 2.24) is 10.2 Å². The second-order valence-corrected chi connectivity index (χ2v) is 6.45. The fourth-order valence-electron chi connectivity index (χ4n) is 2.49. The highest BCUT2D eigenvalue weighted by Crippen LogP contribution is 2.20. The molecule has 1 N–H and O–H groups in total. The summed E-state index contributed by atoms with van der Waals surface area (Å²) in [5, 5.41) is 2.87. The Morgan fingerprint density at radius 2 is 1.95 bits per heavy atom. The Hall–Kier alpha value is -1.30. The van der Waals surface area contributed by atoms with Gasteiger partial charge in [0.1, 0.15) is 5.60 Å². The van der Waals surface area contributed by atoms with Crippen molar-refractivity contribution in [2.75, 3.05) is 27.2 Å². The molecule has 1 aliphatic heterocycles. The number of amides is 1. The number of carbonyl (C=O) groups is 2. The first-order valence-corrected chi connectivity index (χ1v) is 6.94. The van der Waals surface area contributed by atoms with E-state index < -0.39 is 11.7 Å². The molecule has 0 aromatic heterocycles. The minimum atomic E-state index is -0.504. The fourth-order valence-corrected chi connectivity index (χ4v) is 2.49. The second kappa shape index (κ2) is 6.92. The van der Waals surface area contributed by atoms with E-state index in [1.165, 1.54) is 7.11 Å². The molecule has 0 aliphatic carbocycles. The number of piperidine rings is 1. The van der Waals surface area contributed by atoms with E-state index in [9.17, 15) is 9.59 Å². The molecule has 0 spiro atoms. The number of likely N-dealkylation sites (N-methyl/N-ethyl adjacent to an activating group) is 1. The molecule has 6 nitrogen and oxygen atoms in total. The summed E-state index contributed by atoms with van der Waals surface area (Å²) in [5.74, 6) is -0.0116. The van der Waals surface area contributed by atoms with Gasteiger partial charge in [0.25, 0.3) is 0 Å². The first-order valence-electron chi connectivity index (χ1n) is 6.94. The number of hydrogen-bond donors (Lipinski definition) is 1. The van der Waals surface area contributed by atoms with Crippen molar-refractivity contribution in [2.24, 2.45) is 5.92 Å². The van der Waals surface area contributed by atoms with Crippen molar-refractivity contribution in [3.63, 3.8) is 0 Å². The average molecular weight is 286 g/mol. The van der Waals surface area contributed by atoms with Crippen LogP contribution in [0.25, 0.3) is 0 Å². The van der Waals surface area contributed by atoms with Crippen molar-refractivity contribution < 1.29 is 19.1 Å². The van der Waals surface area contributed by atoms with Crippen LogP contribution in [-0.4, -0.2) is 55.9 Å². The minimum Gasteiger partial charge on any atom is -0.469 e. The molecular weight excluding hydrogens is 260 g/mol. The molecule has 1 aliphatic rings. The number of alkyl carbamates (subject to hydrolysis) is 1. The van der Waals surface area contributed by atoms with Gasteiger partial charge in [-0.2, -0.15) is 0 Å². The first-order chi connectivity index (χ1) is 9.19. The van der Waals surface area contributed by atoms with E-state index in [-0.39, 0.29) is 17.9 Å². The Bertz CT molecular complexity index is 352. The molecule has 20 heavy (non-hydrogen) atoms. The van der Waals surface area contributed by atoms with Crippen LogP contribution in [0.4, 0.5) is 4.79 Å². The van der Waals surface area contributed by atoms with E-state index in [0.29, 0.717) is 6.42 Å². The van der Waals surface area contributed by atoms with Crippen LogP contribution >= 0.6 is 0 Å². The number of likely N-dealkylation sites (tertiary alicyclic amines) is 1. The van der Waals surface area contributed by atoms with Gasteiger partial charge in [0.2, 0.25) is 0 Å². The Morgan fingerprint density at radius 3 is 2.50 bits per heavy atom. The summed E-state index contributed by atoms with van der Waals surface area (Å²) in [5.41, 5.74) is -0.504. The van der Waals surface area contributed by atoms with Gasteiger partial charge in [0.05, 0.1) is 7.11 Å². The van der Waals surface area contributed by atoms with Crippen molar-refractivity contribution in [2.45, 2.75) is 45.3 Å². The third-order valence-corrected chi connectivity index (χ3v) is 3.12. The quantitative estimate of drug-likeness (QED) is 0.794. The van der Waals surface area contributed by atoms with Crippen molar-refractivity contribution in [3.05, 3.63) is 0 Å². The first kappa shape index (κ1) is 16.8. The molecule has 1 amide bonds. The average Bonchev–Trinajstić information content (AvgIpc) is 2.24. The standard InChI is InChI=1S/C14H26N2O4/c1-14(2,3)20-13(18)15-11-6-10(7-12(17)19-5)8-16(4)9-11/h10-11H,6-9H2,1-5H3,(H,15,18). The smallest absolute Gasteiger partial charge is 0.407 e. The van der Waals surface area contributed by atoms with Crippen LogP contribution in [0.5, 0.6) is 0 Å². The molecule has 1 heterocycles. The Labute approximate surface area is 120 Å². The van der Waals surface area contributed by atoms with Gasteiger partial charge in [-0.25, -0.2) is 4.79 Å². The summed E-state index contributed by atoms with van der Waals surface area (Å²) in [6, 6.07) is -0.00161. The van der Waals surface area contributed by atoms with Gasteiger partial charge in [-0.1, -0.05) is 0 Å². The van der Waals surface area contributed by atoms with Gasteiger partial charge in [-0.3, -0.25) is 4.79 Å². The van der Waals surface area contributed by atoms with E-state index in [2.05, 4.69) is 10.2 Å². The van der Waals surface area contributed by atoms with E-state index in [1.807, 2.05) is 27.8 Å². The number of ether oxygens (including phenoxy) is 2. The van der Waals surface area contributed by atoms with Gasteiger partial charge >= 0.3 is 12.1 Å². The minimum absolute atomic E-state index is 0.00161. The monoisotopic (exact) mass is 286 g/mol. The van der Waals surface area contributed by atoms with Gasteiger partial charge in [-0.05, 0) is 40.2 Å². The zero-order chi connectivity index (χ0) is 15.3. The second-order valence-electron chi connectivity index (χ2n) is 6.45. The Balaban J connectivity index is 2.49. The Kier molecular flexibility index (Phi) is 5.80. The molecular formula is C14H26N2O4. The van der Waals surface area contributed by atoms with Crippen LogP contribution in [0.15, 0.2) is 0 Å². The van der Waals surface area contributed by atoms with Crippen LogP contribution in [0.1, 0.15) is 33.6 Å². The zero-order valence-electron chi connectivity index (χ0n) is 13.1. The lowest BCUT2D eigenvalue weighted by molar-refractivity contribution is -0.142. The number of nitrogens with one attached hydrogen (secondary N) is 1. The molecule has 2 unspecified atom stereocenters. The van der Waals surface area contributed by atoms with Crippen molar-refractivity contribution in [3.8, 4) is 0 Å². The molecule has 1 fully saturated rings. The fraction of sp³-hybridized carbons (Fsp3) is 0.857. The third-order valence-electron chi connectivity index (χ3n) is 3.12. The maximum Gasteiger partial charge on any atom is 0.407 e. The normalized spacial score (nSPS) is 24.1. The summed E-state index contributed by atoms with van der Waals surface area (Å²) >= 11 is 0. The molecule has 6 heteroatoms. The number of methoxy groups -OCH3 is 1. The molecule has 0 bridgehead atoms. The zero-order valence-corrected chi connectivity index (χ0v) is 13.1. The van der Waals surface area contributed by atoms with Gasteiger partial charge < -0.3 is 19.7 Å². The van der Waals surface area contributed by atoms with Gasteiger partial charge in [0, 0.05) is 25.6 Å². The van der Waals surface area contributed by atoms with Crippen molar-refractivity contribution >= 4 is 12.1 Å². The van der Waals surface area contributed by atoms with E-state index >= 15 is 0 Å². The van der Waals surface area contributed by atoms with E-state index in [0.717, 1.165) is 19.5 Å². The summed E-state index contributed by atoms with van der Waals surface area (Å²) in [4.78, 5) is 25.2.